The topological polar surface area (TPSA) is 68.2 Å². The number of hydrogen-bond acceptors (Lipinski definition) is 3. The average Bonchev–Trinajstić information content (AvgIpc) is 2.96. The number of nitrogens with one attached hydrogen (secondary N) is 1. The highest BCUT2D eigenvalue weighted by Gasteiger charge is 2.22. The molecule has 0 radical (unpaired) electrons. The lowest BCUT2D eigenvalue weighted by Crippen LogP contribution is -2.23. The number of rotatable bonds is 5. The summed E-state index contributed by atoms with van der Waals surface area (Å²) in [6.45, 7) is 1.98. The Hall–Kier alpha value is -2.60. The van der Waals surface area contributed by atoms with Crippen molar-refractivity contribution in [2.75, 3.05) is 7.05 Å². The van der Waals surface area contributed by atoms with Crippen LogP contribution in [-0.2, 0) is 26.9 Å². The summed E-state index contributed by atoms with van der Waals surface area (Å²) in [5.74, 6) is -0.239. The Morgan fingerprint density at radius 3 is 2.48 bits per heavy atom. The van der Waals surface area contributed by atoms with Crippen LogP contribution in [0.15, 0.2) is 59.6 Å². The first-order valence-corrected chi connectivity index (χ1v) is 9.63. The van der Waals surface area contributed by atoms with Crippen LogP contribution >= 0.6 is 0 Å². The molecule has 3 rings (SSSR count). The monoisotopic (exact) mass is 356 g/mol. The number of para-hydroxylation sites is 1. The van der Waals surface area contributed by atoms with Gasteiger partial charge in [-0.05, 0) is 24.1 Å². The van der Waals surface area contributed by atoms with Crippen molar-refractivity contribution in [2.24, 2.45) is 0 Å². The molecular formula is C19H20N2O3S. The molecule has 0 spiro atoms. The first-order valence-electron chi connectivity index (χ1n) is 7.98. The van der Waals surface area contributed by atoms with Crippen molar-refractivity contribution >= 4 is 26.6 Å². The number of amides is 1. The Balaban J connectivity index is 2.08. The summed E-state index contributed by atoms with van der Waals surface area (Å²) < 4.78 is 27.7. The number of benzene rings is 2. The molecule has 0 fully saturated rings. The van der Waals surface area contributed by atoms with Gasteiger partial charge in [-0.1, -0.05) is 42.5 Å². The molecule has 3 aromatic rings. The Labute approximate surface area is 147 Å². The van der Waals surface area contributed by atoms with E-state index in [4.69, 9.17) is 0 Å². The van der Waals surface area contributed by atoms with Gasteiger partial charge in [0.25, 0.3) is 0 Å². The van der Waals surface area contributed by atoms with Gasteiger partial charge in [-0.25, -0.2) is 8.42 Å². The summed E-state index contributed by atoms with van der Waals surface area (Å²) in [5, 5.41) is 3.20. The lowest BCUT2D eigenvalue weighted by atomic mass is 10.1. The maximum atomic E-state index is 13.0. The molecule has 130 valence electrons. The van der Waals surface area contributed by atoms with Crippen LogP contribution in [0.5, 0.6) is 0 Å². The van der Waals surface area contributed by atoms with Crippen LogP contribution in [0.4, 0.5) is 0 Å². The van der Waals surface area contributed by atoms with Gasteiger partial charge in [0.15, 0.2) is 9.84 Å². The fraction of sp³-hybridized carbons (Fsp3) is 0.211. The number of hydrogen-bond donors (Lipinski definition) is 1. The van der Waals surface area contributed by atoms with Crippen LogP contribution in [-0.4, -0.2) is 25.9 Å². The average molecular weight is 356 g/mol. The number of carbonyl (C=O) groups is 1. The molecule has 0 atom stereocenters. The minimum absolute atomic E-state index is 0.0619. The lowest BCUT2D eigenvalue weighted by Gasteiger charge is -2.06. The molecule has 0 aliphatic carbocycles. The molecule has 1 amide bonds. The summed E-state index contributed by atoms with van der Waals surface area (Å²) in [7, 11) is -1.98. The Bertz CT molecular complexity index is 1040. The first kappa shape index (κ1) is 17.2. The predicted molar refractivity (Wildman–Crippen MR) is 98.1 cm³/mol. The van der Waals surface area contributed by atoms with Crippen LogP contribution in [0.25, 0.3) is 10.9 Å². The van der Waals surface area contributed by atoms with E-state index in [0.717, 1.165) is 16.6 Å². The molecule has 0 saturated heterocycles. The molecular weight excluding hydrogens is 336 g/mol. The third-order valence-corrected chi connectivity index (χ3v) is 5.97. The number of nitrogens with zero attached hydrogens (tertiary/aromatic N) is 1. The molecule has 1 heterocycles. The molecule has 25 heavy (non-hydrogen) atoms. The van der Waals surface area contributed by atoms with E-state index in [2.05, 4.69) is 5.32 Å². The van der Waals surface area contributed by atoms with E-state index in [9.17, 15) is 13.2 Å². The Kier molecular flexibility index (Phi) is 4.63. The molecule has 6 heteroatoms. The van der Waals surface area contributed by atoms with Crippen LogP contribution in [0.1, 0.15) is 11.1 Å². The SMILES string of the molecule is CNC(=O)Cn1cc(S(=O)(=O)Cc2ccccc2C)c2ccccc21. The zero-order valence-corrected chi connectivity index (χ0v) is 15.0. The smallest absolute Gasteiger partial charge is 0.239 e. The van der Waals surface area contributed by atoms with Gasteiger partial charge in [-0.15, -0.1) is 0 Å². The zero-order valence-electron chi connectivity index (χ0n) is 14.2. The van der Waals surface area contributed by atoms with Crippen LogP contribution in [0, 0.1) is 6.92 Å². The summed E-state index contributed by atoms with van der Waals surface area (Å²) in [6, 6.07) is 14.7. The van der Waals surface area contributed by atoms with Gasteiger partial charge in [0, 0.05) is 24.1 Å². The zero-order chi connectivity index (χ0) is 18.0. The van der Waals surface area contributed by atoms with Crippen molar-refractivity contribution in [1.29, 1.82) is 0 Å². The summed E-state index contributed by atoms with van der Waals surface area (Å²) in [5.41, 5.74) is 2.46. The molecule has 0 bridgehead atoms. The van der Waals surface area contributed by atoms with Crippen molar-refractivity contribution in [3.8, 4) is 0 Å². The van der Waals surface area contributed by atoms with Gasteiger partial charge in [-0.3, -0.25) is 4.79 Å². The van der Waals surface area contributed by atoms with E-state index in [1.54, 1.807) is 29.9 Å². The maximum Gasteiger partial charge on any atom is 0.239 e. The van der Waals surface area contributed by atoms with Crippen LogP contribution < -0.4 is 5.32 Å². The molecule has 1 N–H and O–H groups in total. The number of aromatic nitrogens is 1. The minimum atomic E-state index is -3.54. The molecule has 0 unspecified atom stereocenters. The first-order chi connectivity index (χ1) is 11.9. The third kappa shape index (κ3) is 3.44. The fourth-order valence-electron chi connectivity index (χ4n) is 2.88. The number of fused-ring (bicyclic) bond motifs is 1. The summed E-state index contributed by atoms with van der Waals surface area (Å²) in [6.07, 6.45) is 1.56. The number of carbonyl (C=O) groups excluding carboxylic acids is 1. The third-order valence-electron chi connectivity index (χ3n) is 4.29. The highest BCUT2D eigenvalue weighted by molar-refractivity contribution is 7.90. The van der Waals surface area contributed by atoms with Gasteiger partial charge in [0.05, 0.1) is 10.6 Å². The second-order valence-corrected chi connectivity index (χ2v) is 7.96. The molecule has 0 aliphatic rings. The largest absolute Gasteiger partial charge is 0.358 e. The second kappa shape index (κ2) is 6.72. The van der Waals surface area contributed by atoms with E-state index < -0.39 is 9.84 Å². The molecule has 2 aromatic carbocycles. The van der Waals surface area contributed by atoms with Gasteiger partial charge in [-0.2, -0.15) is 0 Å². The normalized spacial score (nSPS) is 11.6. The van der Waals surface area contributed by atoms with E-state index in [-0.39, 0.29) is 23.1 Å². The maximum absolute atomic E-state index is 13.0. The quantitative estimate of drug-likeness (QED) is 0.764. The predicted octanol–water partition coefficient (Wildman–Crippen LogP) is 2.67. The number of likely N-dealkylation sites (N-methyl/N-ethyl adjacent to an activating group) is 1. The van der Waals surface area contributed by atoms with Gasteiger partial charge >= 0.3 is 0 Å². The van der Waals surface area contributed by atoms with E-state index in [0.29, 0.717) is 5.39 Å². The molecule has 0 saturated carbocycles. The van der Waals surface area contributed by atoms with Crippen LogP contribution in [0.2, 0.25) is 0 Å². The highest BCUT2D eigenvalue weighted by atomic mass is 32.2. The summed E-state index contributed by atoms with van der Waals surface area (Å²) in [4.78, 5) is 12.0. The Morgan fingerprint density at radius 1 is 1.08 bits per heavy atom. The van der Waals surface area contributed by atoms with Crippen molar-refractivity contribution in [2.45, 2.75) is 24.1 Å². The highest BCUT2D eigenvalue weighted by Crippen LogP contribution is 2.28. The van der Waals surface area contributed by atoms with Gasteiger partial charge in [0.2, 0.25) is 5.91 Å². The lowest BCUT2D eigenvalue weighted by molar-refractivity contribution is -0.121. The molecule has 1 aromatic heterocycles. The van der Waals surface area contributed by atoms with Gasteiger partial charge < -0.3 is 9.88 Å². The summed E-state index contributed by atoms with van der Waals surface area (Å²) >= 11 is 0. The second-order valence-electron chi connectivity index (χ2n) is 6.00. The van der Waals surface area contributed by atoms with E-state index >= 15 is 0 Å². The van der Waals surface area contributed by atoms with Crippen molar-refractivity contribution in [3.63, 3.8) is 0 Å². The fourth-order valence-corrected chi connectivity index (χ4v) is 4.56. The number of aryl methyl sites for hydroxylation is 1. The number of sulfone groups is 1. The van der Waals surface area contributed by atoms with Gasteiger partial charge in [0.1, 0.15) is 6.54 Å². The van der Waals surface area contributed by atoms with E-state index in [1.165, 1.54) is 0 Å². The molecule has 0 aliphatic heterocycles. The minimum Gasteiger partial charge on any atom is -0.358 e. The van der Waals surface area contributed by atoms with Crippen LogP contribution in [0.3, 0.4) is 0 Å². The molecule has 5 nitrogen and oxygen atoms in total. The van der Waals surface area contributed by atoms with Crippen molar-refractivity contribution < 1.29 is 13.2 Å². The van der Waals surface area contributed by atoms with E-state index in [1.807, 2.05) is 43.3 Å². The Morgan fingerprint density at radius 2 is 1.76 bits per heavy atom. The van der Waals surface area contributed by atoms with Crippen molar-refractivity contribution in [3.05, 3.63) is 65.9 Å². The standard InChI is InChI=1S/C19H20N2O3S/c1-14-7-3-4-8-15(14)13-25(23,24)18-11-21(12-19(22)20-2)17-10-6-5-9-16(17)18/h3-11H,12-13H2,1-2H3,(H,20,22). The van der Waals surface area contributed by atoms with Crippen molar-refractivity contribution in [1.82, 2.24) is 9.88 Å².